The molecule has 4 rings (SSSR count). The van der Waals surface area contributed by atoms with Gasteiger partial charge in [0.15, 0.2) is 11.7 Å². The minimum Gasteiger partial charge on any atom is -0.441 e. The van der Waals surface area contributed by atoms with Crippen LogP contribution < -0.4 is 5.32 Å². The van der Waals surface area contributed by atoms with Gasteiger partial charge in [0.25, 0.3) is 5.91 Å². The SMILES string of the molecule is Cc1ccc(-c2cnc(CCC(=O)N3CCC(NC(=O)c4cnn(C)c4)CC3)o2)cc1. The van der Waals surface area contributed by atoms with Gasteiger partial charge in [-0.2, -0.15) is 5.10 Å². The van der Waals surface area contributed by atoms with E-state index in [1.54, 1.807) is 30.3 Å². The van der Waals surface area contributed by atoms with Gasteiger partial charge in [-0.15, -0.1) is 0 Å². The van der Waals surface area contributed by atoms with E-state index in [9.17, 15) is 9.59 Å². The topological polar surface area (TPSA) is 93.3 Å². The van der Waals surface area contributed by atoms with Crippen LogP contribution in [0.2, 0.25) is 0 Å². The molecule has 0 spiro atoms. The minimum atomic E-state index is -0.119. The number of amides is 2. The maximum Gasteiger partial charge on any atom is 0.254 e. The summed E-state index contributed by atoms with van der Waals surface area (Å²) < 4.78 is 7.42. The summed E-state index contributed by atoms with van der Waals surface area (Å²) in [6.07, 6.45) is 7.29. The second-order valence-electron chi connectivity index (χ2n) is 8.02. The molecule has 1 aromatic carbocycles. The standard InChI is InChI=1S/C23H27N5O3/c1-16-3-5-17(6-4-16)20-14-24-21(31-20)7-8-22(29)28-11-9-19(10-12-28)26-23(30)18-13-25-27(2)15-18/h3-6,13-15,19H,7-12H2,1-2H3,(H,26,30). The zero-order valence-corrected chi connectivity index (χ0v) is 17.9. The van der Waals surface area contributed by atoms with Crippen molar-refractivity contribution >= 4 is 11.8 Å². The van der Waals surface area contributed by atoms with E-state index in [1.165, 1.54) is 5.56 Å². The lowest BCUT2D eigenvalue weighted by atomic mass is 10.0. The number of carbonyl (C=O) groups excluding carboxylic acids is 2. The van der Waals surface area contributed by atoms with Crippen molar-refractivity contribution in [3.8, 4) is 11.3 Å². The van der Waals surface area contributed by atoms with E-state index in [0.717, 1.165) is 18.4 Å². The number of likely N-dealkylation sites (tertiary alicyclic amines) is 1. The van der Waals surface area contributed by atoms with Gasteiger partial charge in [-0.05, 0) is 19.8 Å². The molecular formula is C23H27N5O3. The molecular weight excluding hydrogens is 394 g/mol. The third-order valence-corrected chi connectivity index (χ3v) is 5.59. The lowest BCUT2D eigenvalue weighted by Gasteiger charge is -2.32. The number of nitrogens with zero attached hydrogens (tertiary/aromatic N) is 4. The summed E-state index contributed by atoms with van der Waals surface area (Å²) in [6.45, 7) is 3.31. The van der Waals surface area contributed by atoms with E-state index in [2.05, 4.69) is 15.4 Å². The predicted octanol–water partition coefficient (Wildman–Crippen LogP) is 2.74. The van der Waals surface area contributed by atoms with Crippen molar-refractivity contribution < 1.29 is 14.0 Å². The Morgan fingerprint density at radius 1 is 1.16 bits per heavy atom. The van der Waals surface area contributed by atoms with Crippen molar-refractivity contribution in [3.05, 3.63) is 59.9 Å². The predicted molar refractivity (Wildman–Crippen MR) is 115 cm³/mol. The molecule has 1 saturated heterocycles. The Hall–Kier alpha value is -3.42. The number of oxazole rings is 1. The number of rotatable bonds is 6. The van der Waals surface area contributed by atoms with Gasteiger partial charge in [-0.3, -0.25) is 14.3 Å². The fraction of sp³-hybridized carbons (Fsp3) is 0.391. The summed E-state index contributed by atoms with van der Waals surface area (Å²) in [5, 5.41) is 7.06. The van der Waals surface area contributed by atoms with E-state index in [0.29, 0.717) is 43.1 Å². The molecule has 0 unspecified atom stereocenters. The van der Waals surface area contributed by atoms with Crippen LogP contribution in [0.4, 0.5) is 0 Å². The average molecular weight is 422 g/mol. The molecule has 0 radical (unpaired) electrons. The zero-order chi connectivity index (χ0) is 21.8. The molecule has 2 aromatic heterocycles. The second-order valence-corrected chi connectivity index (χ2v) is 8.02. The van der Waals surface area contributed by atoms with E-state index < -0.39 is 0 Å². The Bertz CT molecular complexity index is 1050. The highest BCUT2D eigenvalue weighted by Gasteiger charge is 2.24. The summed E-state index contributed by atoms with van der Waals surface area (Å²) in [7, 11) is 1.78. The van der Waals surface area contributed by atoms with Crippen LogP contribution in [0.1, 0.15) is 41.1 Å². The third-order valence-electron chi connectivity index (χ3n) is 5.59. The molecule has 8 heteroatoms. The molecule has 1 aliphatic rings. The number of piperidine rings is 1. The molecule has 1 N–H and O–H groups in total. The molecule has 0 atom stereocenters. The summed E-state index contributed by atoms with van der Waals surface area (Å²) in [5.41, 5.74) is 2.72. The van der Waals surface area contributed by atoms with Gasteiger partial charge in [0.05, 0.1) is 18.0 Å². The van der Waals surface area contributed by atoms with Crippen molar-refractivity contribution in [2.75, 3.05) is 13.1 Å². The number of carbonyl (C=O) groups is 2. The molecule has 0 saturated carbocycles. The summed E-state index contributed by atoms with van der Waals surface area (Å²) in [6, 6.07) is 8.14. The lowest BCUT2D eigenvalue weighted by Crippen LogP contribution is -2.46. The largest absolute Gasteiger partial charge is 0.441 e. The molecule has 31 heavy (non-hydrogen) atoms. The first kappa shape index (κ1) is 20.8. The van der Waals surface area contributed by atoms with Gasteiger partial charge < -0.3 is 14.6 Å². The minimum absolute atomic E-state index is 0.0700. The zero-order valence-electron chi connectivity index (χ0n) is 17.9. The van der Waals surface area contributed by atoms with Crippen molar-refractivity contribution in [2.24, 2.45) is 7.05 Å². The normalized spacial score (nSPS) is 14.6. The molecule has 2 amide bonds. The summed E-state index contributed by atoms with van der Waals surface area (Å²) in [4.78, 5) is 31.0. The van der Waals surface area contributed by atoms with Crippen LogP contribution in [-0.2, 0) is 18.3 Å². The Morgan fingerprint density at radius 3 is 2.58 bits per heavy atom. The molecule has 8 nitrogen and oxygen atoms in total. The number of hydrogen-bond donors (Lipinski definition) is 1. The number of hydrogen-bond acceptors (Lipinski definition) is 5. The Balaban J connectivity index is 1.22. The van der Waals surface area contributed by atoms with Crippen molar-refractivity contribution in [1.29, 1.82) is 0 Å². The Kier molecular flexibility index (Phi) is 6.16. The van der Waals surface area contributed by atoms with Crippen molar-refractivity contribution in [3.63, 3.8) is 0 Å². The van der Waals surface area contributed by atoms with Crippen molar-refractivity contribution in [1.82, 2.24) is 25.0 Å². The highest BCUT2D eigenvalue weighted by Crippen LogP contribution is 2.21. The fourth-order valence-corrected chi connectivity index (χ4v) is 3.73. The van der Waals surface area contributed by atoms with E-state index in [1.807, 2.05) is 36.1 Å². The smallest absolute Gasteiger partial charge is 0.254 e. The van der Waals surface area contributed by atoms with Crippen LogP contribution >= 0.6 is 0 Å². The number of nitrogens with one attached hydrogen (secondary N) is 1. The highest BCUT2D eigenvalue weighted by atomic mass is 16.4. The molecule has 1 fully saturated rings. The monoisotopic (exact) mass is 421 g/mol. The molecule has 0 aliphatic carbocycles. The van der Waals surface area contributed by atoms with Gasteiger partial charge in [0.2, 0.25) is 5.91 Å². The third kappa shape index (κ3) is 5.20. The maximum absolute atomic E-state index is 12.6. The average Bonchev–Trinajstić information content (AvgIpc) is 3.42. The Labute approximate surface area is 181 Å². The van der Waals surface area contributed by atoms with Crippen LogP contribution in [0, 0.1) is 6.92 Å². The molecule has 3 heterocycles. The van der Waals surface area contributed by atoms with E-state index >= 15 is 0 Å². The molecule has 3 aromatic rings. The van der Waals surface area contributed by atoms with E-state index in [-0.39, 0.29) is 17.9 Å². The number of aromatic nitrogens is 3. The first-order valence-corrected chi connectivity index (χ1v) is 10.6. The highest BCUT2D eigenvalue weighted by molar-refractivity contribution is 5.93. The van der Waals surface area contributed by atoms with E-state index in [4.69, 9.17) is 4.42 Å². The maximum atomic E-state index is 12.6. The lowest BCUT2D eigenvalue weighted by molar-refractivity contribution is -0.132. The molecule has 0 bridgehead atoms. The fourth-order valence-electron chi connectivity index (χ4n) is 3.73. The number of aryl methyl sites for hydroxylation is 3. The van der Waals surface area contributed by atoms with Crippen LogP contribution in [0.5, 0.6) is 0 Å². The van der Waals surface area contributed by atoms with Crippen LogP contribution in [-0.4, -0.2) is 50.6 Å². The van der Waals surface area contributed by atoms with Crippen molar-refractivity contribution in [2.45, 2.75) is 38.6 Å². The van der Waals surface area contributed by atoms with Crippen LogP contribution in [0.3, 0.4) is 0 Å². The summed E-state index contributed by atoms with van der Waals surface area (Å²) in [5.74, 6) is 1.26. The first-order chi connectivity index (χ1) is 15.0. The summed E-state index contributed by atoms with van der Waals surface area (Å²) >= 11 is 0. The quantitative estimate of drug-likeness (QED) is 0.661. The van der Waals surface area contributed by atoms with Gasteiger partial charge in [0, 0.05) is 50.8 Å². The van der Waals surface area contributed by atoms with Crippen LogP contribution in [0.25, 0.3) is 11.3 Å². The van der Waals surface area contributed by atoms with Gasteiger partial charge >= 0.3 is 0 Å². The van der Waals surface area contributed by atoms with Gasteiger partial charge in [0.1, 0.15) is 0 Å². The first-order valence-electron chi connectivity index (χ1n) is 10.6. The van der Waals surface area contributed by atoms with Gasteiger partial charge in [-0.25, -0.2) is 4.98 Å². The Morgan fingerprint density at radius 2 is 1.90 bits per heavy atom. The number of benzene rings is 1. The van der Waals surface area contributed by atoms with Crippen LogP contribution in [0.15, 0.2) is 47.3 Å². The van der Waals surface area contributed by atoms with Gasteiger partial charge in [-0.1, -0.05) is 29.8 Å². The second kappa shape index (κ2) is 9.16. The molecule has 162 valence electrons. The molecule has 1 aliphatic heterocycles.